The molecule has 0 atom stereocenters. The smallest absolute Gasteiger partial charge is 0.242 e. The number of halogens is 1. The van der Waals surface area contributed by atoms with Crippen LogP contribution < -0.4 is 10.0 Å². The summed E-state index contributed by atoms with van der Waals surface area (Å²) in [4.78, 5) is 0.264. The van der Waals surface area contributed by atoms with Crippen molar-refractivity contribution in [3.63, 3.8) is 0 Å². The van der Waals surface area contributed by atoms with Crippen LogP contribution in [0.15, 0.2) is 44.4 Å². The van der Waals surface area contributed by atoms with E-state index in [1.165, 1.54) is 0 Å². The topological polar surface area (TPSA) is 58.2 Å². The van der Waals surface area contributed by atoms with E-state index < -0.39 is 10.0 Å². The second-order valence-corrected chi connectivity index (χ2v) is 7.62. The van der Waals surface area contributed by atoms with Crippen LogP contribution in [0, 0.1) is 0 Å². The van der Waals surface area contributed by atoms with Crippen molar-refractivity contribution < 1.29 is 8.42 Å². The number of thiophene rings is 1. The zero-order valence-corrected chi connectivity index (χ0v) is 14.1. The lowest BCUT2D eigenvalue weighted by Crippen LogP contribution is -2.23. The van der Waals surface area contributed by atoms with E-state index in [0.29, 0.717) is 17.6 Å². The van der Waals surface area contributed by atoms with Crippen molar-refractivity contribution in [1.82, 2.24) is 10.0 Å². The van der Waals surface area contributed by atoms with Crippen molar-refractivity contribution in [3.05, 3.63) is 50.6 Å². The lowest BCUT2D eigenvalue weighted by Gasteiger charge is -2.10. The first kappa shape index (κ1) is 15.7. The van der Waals surface area contributed by atoms with Crippen LogP contribution in [0.25, 0.3) is 0 Å². The molecule has 0 aliphatic heterocycles. The van der Waals surface area contributed by atoms with Crippen molar-refractivity contribution >= 4 is 37.3 Å². The van der Waals surface area contributed by atoms with Crippen LogP contribution in [0.2, 0.25) is 0 Å². The fraction of sp³-hybridized carbons (Fsp3) is 0.231. The van der Waals surface area contributed by atoms with Gasteiger partial charge in [0, 0.05) is 17.6 Å². The van der Waals surface area contributed by atoms with Crippen LogP contribution in [0.1, 0.15) is 11.1 Å². The first-order chi connectivity index (χ1) is 9.53. The molecular weight excluding hydrogens is 360 g/mol. The van der Waals surface area contributed by atoms with E-state index in [2.05, 4.69) is 26.0 Å². The molecule has 4 nitrogen and oxygen atoms in total. The predicted molar refractivity (Wildman–Crippen MR) is 85.3 cm³/mol. The van der Waals surface area contributed by atoms with E-state index in [4.69, 9.17) is 0 Å². The average Bonchev–Trinajstić information content (AvgIpc) is 2.92. The third-order valence-electron chi connectivity index (χ3n) is 2.71. The van der Waals surface area contributed by atoms with E-state index in [1.807, 2.05) is 29.9 Å². The maximum absolute atomic E-state index is 12.3. The van der Waals surface area contributed by atoms with Crippen molar-refractivity contribution in [2.75, 3.05) is 7.05 Å². The molecule has 0 fully saturated rings. The molecular formula is C13H15BrN2O2S2. The maximum Gasteiger partial charge on any atom is 0.242 e. The summed E-state index contributed by atoms with van der Waals surface area (Å²) in [5.41, 5.74) is 1.88. The van der Waals surface area contributed by atoms with E-state index in [1.54, 1.807) is 23.5 Å². The summed E-state index contributed by atoms with van der Waals surface area (Å²) in [6.45, 7) is 0.925. The van der Waals surface area contributed by atoms with Gasteiger partial charge in [-0.05, 0) is 63.1 Å². The quantitative estimate of drug-likeness (QED) is 0.816. The largest absolute Gasteiger partial charge is 0.316 e. The van der Waals surface area contributed by atoms with Gasteiger partial charge in [0.1, 0.15) is 0 Å². The third kappa shape index (κ3) is 3.89. The molecule has 108 valence electrons. The maximum atomic E-state index is 12.3. The third-order valence-corrected chi connectivity index (χ3v) is 5.84. The van der Waals surface area contributed by atoms with E-state index in [0.717, 1.165) is 11.1 Å². The van der Waals surface area contributed by atoms with Gasteiger partial charge >= 0.3 is 0 Å². The Hall–Kier alpha value is -0.730. The van der Waals surface area contributed by atoms with Crippen molar-refractivity contribution in [2.24, 2.45) is 0 Å². The van der Waals surface area contributed by atoms with Crippen molar-refractivity contribution in [3.8, 4) is 0 Å². The Balaban J connectivity index is 2.21. The Labute approximate surface area is 131 Å². The number of benzene rings is 1. The van der Waals surface area contributed by atoms with Gasteiger partial charge in [0.15, 0.2) is 0 Å². The Morgan fingerprint density at radius 3 is 2.65 bits per heavy atom. The molecule has 2 aromatic rings. The number of rotatable bonds is 6. The minimum absolute atomic E-state index is 0.264. The van der Waals surface area contributed by atoms with Crippen LogP contribution in [-0.2, 0) is 23.1 Å². The second-order valence-electron chi connectivity index (χ2n) is 4.25. The monoisotopic (exact) mass is 374 g/mol. The molecule has 2 rings (SSSR count). The summed E-state index contributed by atoms with van der Waals surface area (Å²) in [5.74, 6) is 0. The molecule has 0 radical (unpaired) electrons. The number of hydrogen-bond donors (Lipinski definition) is 2. The first-order valence-electron chi connectivity index (χ1n) is 5.96. The van der Waals surface area contributed by atoms with E-state index in [-0.39, 0.29) is 4.90 Å². The van der Waals surface area contributed by atoms with Gasteiger partial charge in [-0.2, -0.15) is 11.3 Å². The van der Waals surface area contributed by atoms with Gasteiger partial charge in [-0.3, -0.25) is 0 Å². The molecule has 1 heterocycles. The lowest BCUT2D eigenvalue weighted by molar-refractivity contribution is 0.580. The van der Waals surface area contributed by atoms with Crippen LogP contribution >= 0.6 is 27.3 Å². The van der Waals surface area contributed by atoms with Crippen molar-refractivity contribution in [1.29, 1.82) is 0 Å². The highest BCUT2D eigenvalue weighted by molar-refractivity contribution is 9.10. The summed E-state index contributed by atoms with van der Waals surface area (Å²) < 4.78 is 27.9. The number of nitrogens with one attached hydrogen (secondary N) is 2. The highest BCUT2D eigenvalue weighted by atomic mass is 79.9. The minimum atomic E-state index is -3.53. The van der Waals surface area contributed by atoms with Crippen LogP contribution in [-0.4, -0.2) is 15.5 Å². The summed E-state index contributed by atoms with van der Waals surface area (Å²) in [5, 5.41) is 6.86. The average molecular weight is 375 g/mol. The normalized spacial score (nSPS) is 11.7. The molecule has 0 spiro atoms. The molecule has 1 aromatic carbocycles. The standard InChI is InChI=1S/C13H15BrN2O2S2/c1-15-7-10-2-3-12(14)13(6-10)20(17,18)16-8-11-4-5-19-9-11/h2-6,9,15-16H,7-8H2,1H3. The fourth-order valence-electron chi connectivity index (χ4n) is 1.72. The fourth-order valence-corrected chi connectivity index (χ4v) is 4.42. The van der Waals surface area contributed by atoms with Gasteiger partial charge in [-0.25, -0.2) is 13.1 Å². The Morgan fingerprint density at radius 1 is 1.20 bits per heavy atom. The predicted octanol–water partition coefficient (Wildman–Crippen LogP) is 2.71. The molecule has 0 aliphatic rings. The van der Waals surface area contributed by atoms with Gasteiger partial charge in [-0.1, -0.05) is 6.07 Å². The highest BCUT2D eigenvalue weighted by Gasteiger charge is 2.18. The molecule has 0 unspecified atom stereocenters. The summed E-state index contributed by atoms with van der Waals surface area (Å²) in [6, 6.07) is 7.22. The van der Waals surface area contributed by atoms with Gasteiger partial charge in [0.2, 0.25) is 10.0 Å². The summed E-state index contributed by atoms with van der Waals surface area (Å²) in [7, 11) is -1.70. The van der Waals surface area contributed by atoms with Crippen LogP contribution in [0.5, 0.6) is 0 Å². The molecule has 0 saturated carbocycles. The summed E-state index contributed by atoms with van der Waals surface area (Å²) >= 11 is 4.84. The Morgan fingerprint density at radius 2 is 2.00 bits per heavy atom. The van der Waals surface area contributed by atoms with E-state index >= 15 is 0 Å². The molecule has 7 heteroatoms. The molecule has 1 aromatic heterocycles. The van der Waals surface area contributed by atoms with Crippen molar-refractivity contribution in [2.45, 2.75) is 18.0 Å². The second kappa shape index (κ2) is 6.82. The SMILES string of the molecule is CNCc1ccc(Br)c(S(=O)(=O)NCc2ccsc2)c1. The molecule has 2 N–H and O–H groups in total. The Bertz CT molecular complexity index is 670. The van der Waals surface area contributed by atoms with Crippen LogP contribution in [0.4, 0.5) is 0 Å². The minimum Gasteiger partial charge on any atom is -0.316 e. The van der Waals surface area contributed by atoms with Gasteiger partial charge in [-0.15, -0.1) is 0 Å². The number of sulfonamides is 1. The molecule has 0 saturated heterocycles. The molecule has 20 heavy (non-hydrogen) atoms. The van der Waals surface area contributed by atoms with E-state index in [9.17, 15) is 8.42 Å². The Kier molecular flexibility index (Phi) is 5.34. The highest BCUT2D eigenvalue weighted by Crippen LogP contribution is 2.23. The zero-order valence-electron chi connectivity index (χ0n) is 10.9. The molecule has 0 aliphatic carbocycles. The lowest BCUT2D eigenvalue weighted by atomic mass is 10.2. The molecule has 0 amide bonds. The summed E-state index contributed by atoms with van der Waals surface area (Å²) in [6.07, 6.45) is 0. The van der Waals surface area contributed by atoms with Gasteiger partial charge in [0.25, 0.3) is 0 Å². The first-order valence-corrected chi connectivity index (χ1v) is 9.18. The van der Waals surface area contributed by atoms with Gasteiger partial charge < -0.3 is 5.32 Å². The van der Waals surface area contributed by atoms with Gasteiger partial charge in [0.05, 0.1) is 4.90 Å². The number of hydrogen-bond acceptors (Lipinski definition) is 4. The zero-order chi connectivity index (χ0) is 14.6. The molecule has 0 bridgehead atoms. The van der Waals surface area contributed by atoms with Crippen LogP contribution in [0.3, 0.4) is 0 Å².